The van der Waals surface area contributed by atoms with Crippen molar-refractivity contribution in [1.29, 1.82) is 0 Å². The topological polar surface area (TPSA) is 35.0 Å². The van der Waals surface area contributed by atoms with Gasteiger partial charge in [0.25, 0.3) is 0 Å². The van der Waals surface area contributed by atoms with Crippen molar-refractivity contribution in [2.45, 2.75) is 5.16 Å². The SMILES string of the molecule is CSc1nc(Cl)cc(Oc2ccc(Br)cc2)n1. The fourth-order valence-electron chi connectivity index (χ4n) is 1.14. The minimum atomic E-state index is 0.372. The molecule has 0 atom stereocenters. The average molecular weight is 332 g/mol. The summed E-state index contributed by atoms with van der Waals surface area (Å²) < 4.78 is 6.58. The molecule has 1 heterocycles. The minimum absolute atomic E-state index is 0.372. The molecule has 2 rings (SSSR count). The molecule has 0 saturated heterocycles. The maximum atomic E-state index is 5.87. The summed E-state index contributed by atoms with van der Waals surface area (Å²) in [5.41, 5.74) is 0. The molecule has 0 aliphatic carbocycles. The highest BCUT2D eigenvalue weighted by atomic mass is 79.9. The predicted molar refractivity (Wildman–Crippen MR) is 73.0 cm³/mol. The van der Waals surface area contributed by atoms with Crippen molar-refractivity contribution in [3.05, 3.63) is 40.0 Å². The number of thioether (sulfide) groups is 1. The maximum Gasteiger partial charge on any atom is 0.224 e. The van der Waals surface area contributed by atoms with Crippen LogP contribution in [0.5, 0.6) is 11.6 Å². The van der Waals surface area contributed by atoms with Crippen LogP contribution in [-0.2, 0) is 0 Å². The highest BCUT2D eigenvalue weighted by Crippen LogP contribution is 2.25. The third-order valence-electron chi connectivity index (χ3n) is 1.87. The molecule has 3 nitrogen and oxygen atoms in total. The monoisotopic (exact) mass is 330 g/mol. The number of rotatable bonds is 3. The van der Waals surface area contributed by atoms with Gasteiger partial charge in [-0.1, -0.05) is 39.3 Å². The summed E-state index contributed by atoms with van der Waals surface area (Å²) in [6, 6.07) is 9.07. The third-order valence-corrected chi connectivity index (χ3v) is 3.14. The smallest absolute Gasteiger partial charge is 0.224 e. The number of benzene rings is 1. The first-order chi connectivity index (χ1) is 8.17. The van der Waals surface area contributed by atoms with E-state index in [1.165, 1.54) is 11.8 Å². The number of hydrogen-bond acceptors (Lipinski definition) is 4. The fourth-order valence-corrected chi connectivity index (χ4v) is 2.00. The van der Waals surface area contributed by atoms with Gasteiger partial charge >= 0.3 is 0 Å². The highest BCUT2D eigenvalue weighted by molar-refractivity contribution is 9.10. The normalized spacial score (nSPS) is 10.3. The summed E-state index contributed by atoms with van der Waals surface area (Å²) in [5, 5.41) is 0.959. The van der Waals surface area contributed by atoms with E-state index < -0.39 is 0 Å². The summed E-state index contributed by atoms with van der Waals surface area (Å²) in [6.07, 6.45) is 1.88. The molecule has 88 valence electrons. The van der Waals surface area contributed by atoms with Crippen LogP contribution >= 0.6 is 39.3 Å². The molecular formula is C11H8BrClN2OS. The summed E-state index contributed by atoms with van der Waals surface area (Å²) in [5.74, 6) is 1.15. The quantitative estimate of drug-likeness (QED) is 0.474. The molecule has 0 fully saturated rings. The predicted octanol–water partition coefficient (Wildman–Crippen LogP) is 4.41. The van der Waals surface area contributed by atoms with Gasteiger partial charge in [-0.2, -0.15) is 4.98 Å². The van der Waals surface area contributed by atoms with Crippen LogP contribution in [-0.4, -0.2) is 16.2 Å². The zero-order valence-corrected chi connectivity index (χ0v) is 12.0. The van der Waals surface area contributed by atoms with Gasteiger partial charge in [-0.15, -0.1) is 0 Å². The van der Waals surface area contributed by atoms with Crippen LogP contribution in [0, 0.1) is 0 Å². The van der Waals surface area contributed by atoms with E-state index in [0.717, 1.165) is 4.47 Å². The van der Waals surface area contributed by atoms with Crippen LogP contribution in [0.15, 0.2) is 40.0 Å². The molecule has 1 aromatic heterocycles. The number of ether oxygens (including phenoxy) is 1. The Bertz CT molecular complexity index is 521. The molecule has 0 bridgehead atoms. The Kier molecular flexibility index (Phi) is 4.25. The molecule has 0 spiro atoms. The lowest BCUT2D eigenvalue weighted by atomic mass is 10.3. The lowest BCUT2D eigenvalue weighted by Gasteiger charge is -2.05. The van der Waals surface area contributed by atoms with E-state index >= 15 is 0 Å². The van der Waals surface area contributed by atoms with E-state index in [9.17, 15) is 0 Å². The van der Waals surface area contributed by atoms with Crippen molar-refractivity contribution in [2.75, 3.05) is 6.26 Å². The highest BCUT2D eigenvalue weighted by Gasteiger charge is 2.04. The zero-order valence-electron chi connectivity index (χ0n) is 8.85. The molecular weight excluding hydrogens is 324 g/mol. The van der Waals surface area contributed by atoms with E-state index in [-0.39, 0.29) is 0 Å². The molecule has 1 aromatic carbocycles. The van der Waals surface area contributed by atoms with E-state index in [1.807, 2.05) is 30.5 Å². The van der Waals surface area contributed by atoms with Gasteiger partial charge in [0, 0.05) is 10.5 Å². The van der Waals surface area contributed by atoms with E-state index in [2.05, 4.69) is 25.9 Å². The van der Waals surface area contributed by atoms with E-state index in [1.54, 1.807) is 6.07 Å². The molecule has 17 heavy (non-hydrogen) atoms. The van der Waals surface area contributed by atoms with Crippen molar-refractivity contribution in [3.63, 3.8) is 0 Å². The van der Waals surface area contributed by atoms with Gasteiger partial charge in [-0.25, -0.2) is 4.98 Å². The zero-order chi connectivity index (χ0) is 12.3. The van der Waals surface area contributed by atoms with Crippen molar-refractivity contribution in [2.24, 2.45) is 0 Å². The van der Waals surface area contributed by atoms with Crippen LogP contribution < -0.4 is 4.74 Å². The number of hydrogen-bond donors (Lipinski definition) is 0. The summed E-state index contributed by atoms with van der Waals surface area (Å²) in [4.78, 5) is 8.24. The molecule has 6 heteroatoms. The number of nitrogens with zero attached hydrogens (tertiary/aromatic N) is 2. The van der Waals surface area contributed by atoms with Crippen molar-refractivity contribution >= 4 is 39.3 Å². The molecule has 0 N–H and O–H groups in total. The standard InChI is InChI=1S/C11H8BrClN2OS/c1-17-11-14-9(13)6-10(15-11)16-8-4-2-7(12)3-5-8/h2-6H,1H3. The van der Waals surface area contributed by atoms with Gasteiger partial charge < -0.3 is 4.74 Å². The fraction of sp³-hybridized carbons (Fsp3) is 0.0909. The molecule has 0 aliphatic heterocycles. The molecule has 0 aliphatic rings. The Morgan fingerprint density at radius 1 is 1.24 bits per heavy atom. The Hall–Kier alpha value is -0.780. The number of halogens is 2. The Labute approximate surface area is 117 Å². The third kappa shape index (κ3) is 3.59. The molecule has 0 saturated carbocycles. The first-order valence-electron chi connectivity index (χ1n) is 4.69. The van der Waals surface area contributed by atoms with Crippen molar-refractivity contribution in [1.82, 2.24) is 9.97 Å². The average Bonchev–Trinajstić information content (AvgIpc) is 2.31. The maximum absolute atomic E-state index is 5.87. The lowest BCUT2D eigenvalue weighted by Crippen LogP contribution is -1.92. The van der Waals surface area contributed by atoms with E-state index in [0.29, 0.717) is 21.9 Å². The van der Waals surface area contributed by atoms with Crippen LogP contribution in [0.25, 0.3) is 0 Å². The molecule has 0 unspecified atom stereocenters. The van der Waals surface area contributed by atoms with Crippen LogP contribution in [0.2, 0.25) is 5.15 Å². The van der Waals surface area contributed by atoms with Crippen molar-refractivity contribution in [3.8, 4) is 11.6 Å². The first-order valence-corrected chi connectivity index (χ1v) is 7.09. The Morgan fingerprint density at radius 3 is 2.59 bits per heavy atom. The molecule has 2 aromatic rings. The second-order valence-corrected chi connectivity index (χ2v) is 5.15. The Morgan fingerprint density at radius 2 is 1.94 bits per heavy atom. The van der Waals surface area contributed by atoms with Crippen LogP contribution in [0.1, 0.15) is 0 Å². The summed E-state index contributed by atoms with van der Waals surface area (Å²) in [6.45, 7) is 0. The second kappa shape index (κ2) is 5.71. The summed E-state index contributed by atoms with van der Waals surface area (Å²) >= 11 is 10.6. The first kappa shape index (κ1) is 12.7. The van der Waals surface area contributed by atoms with E-state index in [4.69, 9.17) is 16.3 Å². The number of aromatic nitrogens is 2. The van der Waals surface area contributed by atoms with Gasteiger partial charge in [0.15, 0.2) is 5.16 Å². The van der Waals surface area contributed by atoms with Gasteiger partial charge in [0.1, 0.15) is 10.9 Å². The molecule has 0 radical (unpaired) electrons. The minimum Gasteiger partial charge on any atom is -0.439 e. The van der Waals surface area contributed by atoms with Gasteiger partial charge in [0.05, 0.1) is 0 Å². The van der Waals surface area contributed by atoms with Gasteiger partial charge in [-0.3, -0.25) is 0 Å². The molecule has 0 amide bonds. The summed E-state index contributed by atoms with van der Waals surface area (Å²) in [7, 11) is 0. The van der Waals surface area contributed by atoms with Crippen LogP contribution in [0.3, 0.4) is 0 Å². The Balaban J connectivity index is 2.23. The lowest BCUT2D eigenvalue weighted by molar-refractivity contribution is 0.455. The largest absolute Gasteiger partial charge is 0.439 e. The second-order valence-electron chi connectivity index (χ2n) is 3.07. The van der Waals surface area contributed by atoms with Crippen molar-refractivity contribution < 1.29 is 4.74 Å². The van der Waals surface area contributed by atoms with Gasteiger partial charge in [0.2, 0.25) is 5.88 Å². The van der Waals surface area contributed by atoms with Gasteiger partial charge in [-0.05, 0) is 30.5 Å². The van der Waals surface area contributed by atoms with Crippen LogP contribution in [0.4, 0.5) is 0 Å².